The Hall–Kier alpha value is -2.64. The van der Waals surface area contributed by atoms with Crippen molar-refractivity contribution in [1.82, 2.24) is 9.78 Å². The Bertz CT molecular complexity index is 983. The van der Waals surface area contributed by atoms with Crippen LogP contribution in [0.1, 0.15) is 0 Å². The maximum Gasteiger partial charge on any atom is 0.437 e. The van der Waals surface area contributed by atoms with Crippen LogP contribution in [-0.2, 0) is 11.3 Å². The Balaban J connectivity index is 1.77. The van der Waals surface area contributed by atoms with Crippen molar-refractivity contribution in [2.24, 2.45) is 0 Å². The number of halogens is 3. The molecule has 25 heavy (non-hydrogen) atoms. The number of benzene rings is 2. The van der Waals surface area contributed by atoms with E-state index in [0.29, 0.717) is 21.3 Å². The van der Waals surface area contributed by atoms with Gasteiger partial charge in [0.25, 0.3) is 0 Å². The van der Waals surface area contributed by atoms with Crippen LogP contribution in [0.5, 0.6) is 0 Å². The molecule has 0 saturated heterocycles. The number of nitrogens with zero attached hydrogens (tertiary/aromatic N) is 2. The van der Waals surface area contributed by atoms with Gasteiger partial charge in [-0.05, 0) is 42.5 Å². The molecule has 0 unspecified atom stereocenters. The number of carbonyl (C=O) groups is 1. The number of hydrogen-bond acceptors (Lipinski definition) is 4. The smallest absolute Gasteiger partial charge is 0.388 e. The summed E-state index contributed by atoms with van der Waals surface area (Å²) < 4.78 is 18.8. The van der Waals surface area contributed by atoms with Crippen molar-refractivity contribution in [3.8, 4) is 11.5 Å². The van der Waals surface area contributed by atoms with Gasteiger partial charge in [-0.3, -0.25) is 4.79 Å². The van der Waals surface area contributed by atoms with E-state index in [0.717, 1.165) is 4.68 Å². The van der Waals surface area contributed by atoms with Crippen molar-refractivity contribution in [2.75, 3.05) is 5.32 Å². The van der Waals surface area contributed by atoms with E-state index in [4.69, 9.17) is 27.6 Å². The van der Waals surface area contributed by atoms with E-state index in [-0.39, 0.29) is 12.4 Å². The molecule has 1 amide bonds. The summed E-state index contributed by atoms with van der Waals surface area (Å²) in [6.07, 6.45) is 0. The van der Waals surface area contributed by atoms with Gasteiger partial charge < -0.3 is 9.73 Å². The summed E-state index contributed by atoms with van der Waals surface area (Å²) in [6.45, 7) is -0.383. The average Bonchev–Trinajstić information content (AvgIpc) is 2.92. The molecule has 1 heterocycles. The fourth-order valence-corrected chi connectivity index (χ4v) is 2.37. The number of aromatic nitrogens is 2. The van der Waals surface area contributed by atoms with Crippen molar-refractivity contribution >= 4 is 34.8 Å². The van der Waals surface area contributed by atoms with Gasteiger partial charge in [-0.1, -0.05) is 23.2 Å². The summed E-state index contributed by atoms with van der Waals surface area (Å²) >= 11 is 11.8. The molecule has 1 N–H and O–H groups in total. The highest BCUT2D eigenvalue weighted by Gasteiger charge is 2.14. The third kappa shape index (κ3) is 4.07. The summed E-state index contributed by atoms with van der Waals surface area (Å²) in [7, 11) is 0. The van der Waals surface area contributed by atoms with E-state index in [9.17, 15) is 14.0 Å². The lowest BCUT2D eigenvalue weighted by Gasteiger charge is -2.06. The van der Waals surface area contributed by atoms with Crippen LogP contribution in [0, 0.1) is 5.82 Å². The zero-order valence-electron chi connectivity index (χ0n) is 12.5. The van der Waals surface area contributed by atoms with Crippen molar-refractivity contribution in [3.63, 3.8) is 0 Å². The standard InChI is InChI=1S/C16H10Cl2FN3O3/c17-10-3-6-12(18)13(7-10)20-14(23)8-22-16(24)25-15(21-22)9-1-4-11(19)5-2-9/h1-7H,8H2,(H,20,23). The summed E-state index contributed by atoms with van der Waals surface area (Å²) in [4.78, 5) is 23.9. The van der Waals surface area contributed by atoms with Crippen LogP contribution in [0.15, 0.2) is 51.7 Å². The van der Waals surface area contributed by atoms with Gasteiger partial charge in [0, 0.05) is 10.6 Å². The molecule has 0 radical (unpaired) electrons. The Morgan fingerprint density at radius 2 is 1.92 bits per heavy atom. The lowest BCUT2D eigenvalue weighted by atomic mass is 10.2. The zero-order valence-corrected chi connectivity index (χ0v) is 14.0. The van der Waals surface area contributed by atoms with Gasteiger partial charge in [0.15, 0.2) is 0 Å². The lowest BCUT2D eigenvalue weighted by molar-refractivity contribution is -0.117. The number of carbonyl (C=O) groups excluding carboxylic acids is 1. The second kappa shape index (κ2) is 7.08. The molecule has 1 aromatic heterocycles. The van der Waals surface area contributed by atoms with Crippen LogP contribution in [0.3, 0.4) is 0 Å². The van der Waals surface area contributed by atoms with Crippen molar-refractivity contribution < 1.29 is 13.6 Å². The first kappa shape index (κ1) is 17.2. The molecule has 3 aromatic rings. The summed E-state index contributed by atoms with van der Waals surface area (Å²) in [5.41, 5.74) is 0.727. The summed E-state index contributed by atoms with van der Waals surface area (Å²) in [6, 6.07) is 9.85. The fourth-order valence-electron chi connectivity index (χ4n) is 2.03. The molecule has 0 aliphatic rings. The van der Waals surface area contributed by atoms with Gasteiger partial charge in [0.2, 0.25) is 11.8 Å². The quantitative estimate of drug-likeness (QED) is 0.748. The fraction of sp³-hybridized carbons (Fsp3) is 0.0625. The molecule has 0 spiro atoms. The summed E-state index contributed by atoms with van der Waals surface area (Å²) in [5, 5.41) is 7.17. The number of hydrogen-bond donors (Lipinski definition) is 1. The minimum absolute atomic E-state index is 0.0152. The number of nitrogens with one attached hydrogen (secondary N) is 1. The Kier molecular flexibility index (Phi) is 4.87. The van der Waals surface area contributed by atoms with Crippen LogP contribution in [-0.4, -0.2) is 15.7 Å². The third-order valence-corrected chi connectivity index (χ3v) is 3.76. The predicted molar refractivity (Wildman–Crippen MR) is 91.2 cm³/mol. The number of amides is 1. The Morgan fingerprint density at radius 1 is 1.20 bits per heavy atom. The molecular formula is C16H10Cl2FN3O3. The molecule has 0 fully saturated rings. The molecule has 9 heteroatoms. The Labute approximate surface area is 150 Å². The van der Waals surface area contributed by atoms with E-state index in [1.54, 1.807) is 6.07 Å². The molecule has 0 saturated carbocycles. The van der Waals surface area contributed by atoms with E-state index in [1.165, 1.54) is 36.4 Å². The number of anilines is 1. The molecule has 0 bridgehead atoms. The molecule has 6 nitrogen and oxygen atoms in total. The Morgan fingerprint density at radius 3 is 2.64 bits per heavy atom. The highest BCUT2D eigenvalue weighted by molar-refractivity contribution is 6.35. The second-order valence-electron chi connectivity index (χ2n) is 5.01. The van der Waals surface area contributed by atoms with Gasteiger partial charge in [-0.15, -0.1) is 5.10 Å². The second-order valence-corrected chi connectivity index (χ2v) is 5.85. The largest absolute Gasteiger partial charge is 0.437 e. The van der Waals surface area contributed by atoms with Gasteiger partial charge in [-0.25, -0.2) is 9.18 Å². The normalized spacial score (nSPS) is 10.7. The molecule has 0 aliphatic heterocycles. The van der Waals surface area contributed by atoms with Gasteiger partial charge >= 0.3 is 5.76 Å². The van der Waals surface area contributed by atoms with Gasteiger partial charge in [0.1, 0.15) is 12.4 Å². The molecule has 0 atom stereocenters. The van der Waals surface area contributed by atoms with Crippen molar-refractivity contribution in [3.05, 3.63) is 68.9 Å². The maximum atomic E-state index is 12.9. The van der Waals surface area contributed by atoms with E-state index in [1.807, 2.05) is 0 Å². The first-order chi connectivity index (χ1) is 11.9. The highest BCUT2D eigenvalue weighted by Crippen LogP contribution is 2.25. The van der Waals surface area contributed by atoms with Crippen LogP contribution < -0.4 is 11.1 Å². The van der Waals surface area contributed by atoms with Gasteiger partial charge in [0.05, 0.1) is 10.7 Å². The SMILES string of the molecule is O=C(Cn1nc(-c2ccc(F)cc2)oc1=O)Nc1cc(Cl)ccc1Cl. The van der Waals surface area contributed by atoms with E-state index >= 15 is 0 Å². The average molecular weight is 382 g/mol. The van der Waals surface area contributed by atoms with Crippen LogP contribution in [0.25, 0.3) is 11.5 Å². The molecular weight excluding hydrogens is 372 g/mol. The summed E-state index contributed by atoms with van der Waals surface area (Å²) in [5.74, 6) is -1.79. The minimum atomic E-state index is -0.813. The first-order valence-corrected chi connectivity index (χ1v) is 7.77. The number of rotatable bonds is 4. The topological polar surface area (TPSA) is 77.1 Å². The lowest BCUT2D eigenvalue weighted by Crippen LogP contribution is -2.26. The molecule has 3 rings (SSSR count). The minimum Gasteiger partial charge on any atom is -0.388 e. The maximum absolute atomic E-state index is 12.9. The van der Waals surface area contributed by atoms with Crippen molar-refractivity contribution in [1.29, 1.82) is 0 Å². The predicted octanol–water partition coefficient (Wildman–Crippen LogP) is 3.59. The monoisotopic (exact) mass is 381 g/mol. The molecule has 128 valence electrons. The van der Waals surface area contributed by atoms with Crippen LogP contribution in [0.2, 0.25) is 10.0 Å². The highest BCUT2D eigenvalue weighted by atomic mass is 35.5. The van der Waals surface area contributed by atoms with Crippen LogP contribution >= 0.6 is 23.2 Å². The van der Waals surface area contributed by atoms with Crippen molar-refractivity contribution in [2.45, 2.75) is 6.54 Å². The van der Waals surface area contributed by atoms with E-state index < -0.39 is 17.5 Å². The zero-order chi connectivity index (χ0) is 18.0. The molecule has 0 aliphatic carbocycles. The van der Waals surface area contributed by atoms with Crippen LogP contribution in [0.4, 0.5) is 10.1 Å². The van der Waals surface area contributed by atoms with Gasteiger partial charge in [-0.2, -0.15) is 4.68 Å². The first-order valence-electron chi connectivity index (χ1n) is 7.01. The third-order valence-electron chi connectivity index (χ3n) is 3.19. The van der Waals surface area contributed by atoms with E-state index in [2.05, 4.69) is 10.4 Å². The molecule has 2 aromatic carbocycles.